The van der Waals surface area contributed by atoms with E-state index in [0.717, 1.165) is 30.0 Å². The van der Waals surface area contributed by atoms with Crippen LogP contribution in [0.4, 0.5) is 4.39 Å². The van der Waals surface area contributed by atoms with Crippen molar-refractivity contribution in [2.75, 3.05) is 13.6 Å². The third kappa shape index (κ3) is 4.62. The normalized spacial score (nSPS) is 12.3. The molecule has 3 heteroatoms. The van der Waals surface area contributed by atoms with E-state index in [4.69, 9.17) is 11.6 Å². The van der Waals surface area contributed by atoms with Crippen molar-refractivity contribution in [1.82, 2.24) is 5.32 Å². The van der Waals surface area contributed by atoms with Gasteiger partial charge in [-0.05, 0) is 67.7 Å². The van der Waals surface area contributed by atoms with E-state index in [-0.39, 0.29) is 5.82 Å². The average Bonchev–Trinajstić information content (AvgIpc) is 2.42. The fraction of sp³-hybridized carbons (Fsp3) is 0.294. The topological polar surface area (TPSA) is 12.0 Å². The summed E-state index contributed by atoms with van der Waals surface area (Å²) in [4.78, 5) is 0. The first-order valence-corrected chi connectivity index (χ1v) is 7.18. The summed E-state index contributed by atoms with van der Waals surface area (Å²) in [7, 11) is 1.94. The monoisotopic (exact) mass is 291 g/mol. The van der Waals surface area contributed by atoms with Gasteiger partial charge in [-0.3, -0.25) is 0 Å². The van der Waals surface area contributed by atoms with Gasteiger partial charge in [0, 0.05) is 5.02 Å². The Hall–Kier alpha value is -1.38. The molecule has 0 bridgehead atoms. The molecule has 0 saturated heterocycles. The molecule has 0 aromatic heterocycles. The van der Waals surface area contributed by atoms with Gasteiger partial charge in [-0.15, -0.1) is 0 Å². The van der Waals surface area contributed by atoms with Gasteiger partial charge < -0.3 is 5.32 Å². The van der Waals surface area contributed by atoms with Crippen LogP contribution in [-0.2, 0) is 12.8 Å². The van der Waals surface area contributed by atoms with Crippen LogP contribution in [0.2, 0.25) is 5.02 Å². The first kappa shape index (κ1) is 15.0. The van der Waals surface area contributed by atoms with Crippen molar-refractivity contribution < 1.29 is 4.39 Å². The molecule has 0 fully saturated rings. The minimum Gasteiger partial charge on any atom is -0.319 e. The van der Waals surface area contributed by atoms with Crippen molar-refractivity contribution in [2.45, 2.75) is 12.8 Å². The second-order valence-electron chi connectivity index (χ2n) is 5.09. The van der Waals surface area contributed by atoms with Gasteiger partial charge in [0.25, 0.3) is 0 Å². The van der Waals surface area contributed by atoms with Crippen LogP contribution in [-0.4, -0.2) is 13.6 Å². The molecular formula is C17H19ClFN. The molecule has 0 aliphatic carbocycles. The van der Waals surface area contributed by atoms with Crippen LogP contribution < -0.4 is 5.32 Å². The smallest absolute Gasteiger partial charge is 0.123 e. The number of benzene rings is 2. The fourth-order valence-electron chi connectivity index (χ4n) is 2.46. The highest BCUT2D eigenvalue weighted by Crippen LogP contribution is 2.17. The van der Waals surface area contributed by atoms with Gasteiger partial charge in [-0.25, -0.2) is 4.39 Å². The van der Waals surface area contributed by atoms with E-state index in [9.17, 15) is 4.39 Å². The van der Waals surface area contributed by atoms with E-state index in [0.29, 0.717) is 5.92 Å². The number of halogens is 2. The maximum atomic E-state index is 13.2. The maximum absolute atomic E-state index is 13.2. The Bertz CT molecular complexity index is 539. The Balaban J connectivity index is 2.05. The molecule has 1 unspecified atom stereocenters. The summed E-state index contributed by atoms with van der Waals surface area (Å²) in [6.07, 6.45) is 1.82. The number of hydrogen-bond acceptors (Lipinski definition) is 1. The summed E-state index contributed by atoms with van der Waals surface area (Å²) in [5.74, 6) is 0.264. The second kappa shape index (κ2) is 7.41. The van der Waals surface area contributed by atoms with Gasteiger partial charge >= 0.3 is 0 Å². The van der Waals surface area contributed by atoms with E-state index < -0.39 is 0 Å². The summed E-state index contributed by atoms with van der Waals surface area (Å²) in [6, 6.07) is 14.8. The van der Waals surface area contributed by atoms with Crippen LogP contribution in [0.15, 0.2) is 48.5 Å². The number of rotatable bonds is 6. The standard InChI is InChI=1S/C17H19ClFN/c1-20-12-15(9-13-5-7-16(18)8-6-13)10-14-3-2-4-17(19)11-14/h2-8,11,15,20H,9-10,12H2,1H3. The molecule has 106 valence electrons. The predicted molar refractivity (Wildman–Crippen MR) is 82.7 cm³/mol. The molecule has 1 atom stereocenters. The summed E-state index contributed by atoms with van der Waals surface area (Å²) in [5, 5.41) is 3.97. The molecule has 0 radical (unpaired) electrons. The Morgan fingerprint density at radius 3 is 2.40 bits per heavy atom. The zero-order valence-electron chi connectivity index (χ0n) is 11.6. The molecule has 0 amide bonds. The molecule has 20 heavy (non-hydrogen) atoms. The maximum Gasteiger partial charge on any atom is 0.123 e. The predicted octanol–water partition coefficient (Wildman–Crippen LogP) is 4.10. The molecule has 0 aliphatic heterocycles. The highest BCUT2D eigenvalue weighted by atomic mass is 35.5. The molecule has 2 aromatic rings. The molecule has 1 nitrogen and oxygen atoms in total. The fourth-order valence-corrected chi connectivity index (χ4v) is 2.58. The zero-order chi connectivity index (χ0) is 14.4. The molecule has 2 aromatic carbocycles. The van der Waals surface area contributed by atoms with Crippen LogP contribution in [0.3, 0.4) is 0 Å². The highest BCUT2D eigenvalue weighted by molar-refractivity contribution is 6.30. The van der Waals surface area contributed by atoms with Crippen molar-refractivity contribution in [3.63, 3.8) is 0 Å². The molecular weight excluding hydrogens is 273 g/mol. The average molecular weight is 292 g/mol. The third-order valence-corrected chi connectivity index (χ3v) is 3.60. The van der Waals surface area contributed by atoms with Crippen LogP contribution in [0.25, 0.3) is 0 Å². The van der Waals surface area contributed by atoms with Crippen molar-refractivity contribution in [2.24, 2.45) is 5.92 Å². The van der Waals surface area contributed by atoms with Crippen LogP contribution in [0.1, 0.15) is 11.1 Å². The van der Waals surface area contributed by atoms with Gasteiger partial charge in [0.05, 0.1) is 0 Å². The minimum atomic E-state index is -0.169. The lowest BCUT2D eigenvalue weighted by molar-refractivity contribution is 0.491. The summed E-state index contributed by atoms with van der Waals surface area (Å²) in [6.45, 7) is 0.902. The molecule has 1 N–H and O–H groups in total. The van der Waals surface area contributed by atoms with Gasteiger partial charge in [0.15, 0.2) is 0 Å². The van der Waals surface area contributed by atoms with Crippen molar-refractivity contribution in [1.29, 1.82) is 0 Å². The second-order valence-corrected chi connectivity index (χ2v) is 5.52. The Morgan fingerprint density at radius 2 is 1.75 bits per heavy atom. The first-order chi connectivity index (χ1) is 9.67. The SMILES string of the molecule is CNCC(Cc1ccc(Cl)cc1)Cc1cccc(F)c1. The summed E-state index contributed by atoms with van der Waals surface area (Å²) in [5.41, 5.74) is 2.30. The molecule has 0 aliphatic rings. The van der Waals surface area contributed by atoms with E-state index in [2.05, 4.69) is 17.4 Å². The molecule has 2 rings (SSSR count). The lowest BCUT2D eigenvalue weighted by Crippen LogP contribution is -2.22. The van der Waals surface area contributed by atoms with Crippen LogP contribution in [0.5, 0.6) is 0 Å². The third-order valence-electron chi connectivity index (χ3n) is 3.34. The van der Waals surface area contributed by atoms with Crippen molar-refractivity contribution in [3.8, 4) is 0 Å². The lowest BCUT2D eigenvalue weighted by atomic mass is 9.92. The van der Waals surface area contributed by atoms with Gasteiger partial charge in [-0.2, -0.15) is 0 Å². The largest absolute Gasteiger partial charge is 0.319 e. The van der Waals surface area contributed by atoms with Crippen molar-refractivity contribution >= 4 is 11.6 Å². The zero-order valence-corrected chi connectivity index (χ0v) is 12.3. The summed E-state index contributed by atoms with van der Waals surface area (Å²) < 4.78 is 13.2. The van der Waals surface area contributed by atoms with E-state index in [1.54, 1.807) is 12.1 Å². The van der Waals surface area contributed by atoms with Crippen LogP contribution in [0, 0.1) is 11.7 Å². The number of nitrogens with one attached hydrogen (secondary N) is 1. The van der Waals surface area contributed by atoms with E-state index in [1.807, 2.05) is 25.2 Å². The molecule has 0 spiro atoms. The highest BCUT2D eigenvalue weighted by Gasteiger charge is 2.10. The quantitative estimate of drug-likeness (QED) is 0.845. The van der Waals surface area contributed by atoms with Crippen LogP contribution >= 0.6 is 11.6 Å². The Kier molecular flexibility index (Phi) is 5.57. The number of hydrogen-bond donors (Lipinski definition) is 1. The molecule has 0 saturated carbocycles. The Morgan fingerprint density at radius 1 is 1.05 bits per heavy atom. The van der Waals surface area contributed by atoms with Gasteiger partial charge in [0.2, 0.25) is 0 Å². The van der Waals surface area contributed by atoms with Gasteiger partial charge in [0.1, 0.15) is 5.82 Å². The minimum absolute atomic E-state index is 0.169. The Labute approximate surface area is 124 Å². The van der Waals surface area contributed by atoms with Gasteiger partial charge in [-0.1, -0.05) is 35.9 Å². The first-order valence-electron chi connectivity index (χ1n) is 6.81. The summed E-state index contributed by atoms with van der Waals surface area (Å²) >= 11 is 5.90. The molecule has 0 heterocycles. The van der Waals surface area contributed by atoms with E-state index in [1.165, 1.54) is 11.6 Å². The van der Waals surface area contributed by atoms with E-state index >= 15 is 0 Å². The lowest BCUT2D eigenvalue weighted by Gasteiger charge is -2.17. The van der Waals surface area contributed by atoms with Crippen molar-refractivity contribution in [3.05, 3.63) is 70.5 Å².